The molecule has 56 heavy (non-hydrogen) atoms. The van der Waals surface area contributed by atoms with Crippen molar-refractivity contribution in [3.63, 3.8) is 0 Å². The molecule has 10 rings (SSSR count). The summed E-state index contributed by atoms with van der Waals surface area (Å²) in [6.07, 6.45) is 0. The van der Waals surface area contributed by atoms with E-state index in [1.807, 2.05) is 0 Å². The van der Waals surface area contributed by atoms with Crippen LogP contribution in [0.5, 0.6) is 0 Å². The van der Waals surface area contributed by atoms with Gasteiger partial charge in [0.15, 0.2) is 0 Å². The standard InChI is InChI=1S/C55H51N/c1-52(2,3)34-28-30-42-46(32-34)54(6,7)45-25-16-21-40(50(42)45)39-20-12-15-26-48(39)56(35-29-31-38-36-18-10-13-23-43(36)53(4,5)47(38)33-35)49-27-17-22-41-37-19-11-14-24-44(37)55(8,9)51(41)49/h10-33H,1-9H3. The van der Waals surface area contributed by atoms with Crippen molar-refractivity contribution in [1.29, 1.82) is 0 Å². The highest BCUT2D eigenvalue weighted by atomic mass is 15.1. The van der Waals surface area contributed by atoms with Gasteiger partial charge in [0.25, 0.3) is 0 Å². The summed E-state index contributed by atoms with van der Waals surface area (Å²) >= 11 is 0. The second-order valence-electron chi connectivity index (χ2n) is 19.0. The van der Waals surface area contributed by atoms with Crippen molar-refractivity contribution in [2.75, 3.05) is 4.90 Å². The fourth-order valence-electron chi connectivity index (χ4n) is 10.6. The number of anilines is 3. The highest BCUT2D eigenvalue weighted by Crippen LogP contribution is 2.58. The predicted octanol–water partition coefficient (Wildman–Crippen LogP) is 15.0. The van der Waals surface area contributed by atoms with E-state index in [4.69, 9.17) is 0 Å². The minimum atomic E-state index is -0.191. The fourth-order valence-corrected chi connectivity index (χ4v) is 10.6. The first kappa shape index (κ1) is 34.8. The van der Waals surface area contributed by atoms with Gasteiger partial charge in [-0.2, -0.15) is 0 Å². The summed E-state index contributed by atoms with van der Waals surface area (Å²) in [4.78, 5) is 2.59. The molecule has 3 aliphatic carbocycles. The molecule has 0 aliphatic heterocycles. The van der Waals surface area contributed by atoms with Crippen molar-refractivity contribution >= 4 is 17.1 Å². The number of rotatable bonds is 4. The van der Waals surface area contributed by atoms with Crippen molar-refractivity contribution in [2.24, 2.45) is 0 Å². The smallest absolute Gasteiger partial charge is 0.0540 e. The van der Waals surface area contributed by atoms with E-state index in [0.717, 1.165) is 0 Å². The van der Waals surface area contributed by atoms with Crippen molar-refractivity contribution < 1.29 is 0 Å². The number of hydrogen-bond acceptors (Lipinski definition) is 1. The maximum Gasteiger partial charge on any atom is 0.0540 e. The zero-order chi connectivity index (χ0) is 38.9. The molecular weight excluding hydrogens is 675 g/mol. The number of benzene rings is 7. The number of nitrogens with zero attached hydrogens (tertiary/aromatic N) is 1. The molecular formula is C55H51N. The molecule has 0 saturated carbocycles. The third-order valence-corrected chi connectivity index (χ3v) is 13.6. The average Bonchev–Trinajstić information content (AvgIpc) is 3.68. The SMILES string of the molecule is CC(C)(C)c1ccc2c(c1)C(C)(C)c1cccc(-c3ccccc3N(c3ccc4c(c3)C(C)(C)c3ccccc3-4)c3cccc4c3C(C)(C)c3ccccc3-4)c1-2. The van der Waals surface area contributed by atoms with Crippen LogP contribution in [0, 0.1) is 0 Å². The number of hydrogen-bond donors (Lipinski definition) is 0. The van der Waals surface area contributed by atoms with Crippen LogP contribution in [-0.2, 0) is 21.7 Å². The normalized spacial score (nSPS) is 16.0. The molecule has 7 aromatic rings. The lowest BCUT2D eigenvalue weighted by Gasteiger charge is -2.34. The Morgan fingerprint density at radius 2 is 0.875 bits per heavy atom. The maximum atomic E-state index is 2.59. The molecule has 0 spiro atoms. The second-order valence-corrected chi connectivity index (χ2v) is 19.0. The van der Waals surface area contributed by atoms with Crippen molar-refractivity contribution in [1.82, 2.24) is 0 Å². The van der Waals surface area contributed by atoms with Gasteiger partial charge < -0.3 is 4.90 Å². The van der Waals surface area contributed by atoms with Crippen LogP contribution in [0.15, 0.2) is 146 Å². The maximum absolute atomic E-state index is 2.59. The van der Waals surface area contributed by atoms with Crippen LogP contribution in [-0.4, -0.2) is 0 Å². The lowest BCUT2D eigenvalue weighted by molar-refractivity contribution is 0.584. The van der Waals surface area contributed by atoms with Crippen LogP contribution in [0.25, 0.3) is 44.5 Å². The Morgan fingerprint density at radius 3 is 1.61 bits per heavy atom. The third kappa shape index (κ3) is 4.73. The quantitative estimate of drug-likeness (QED) is 0.175. The summed E-state index contributed by atoms with van der Waals surface area (Å²) in [5.41, 5.74) is 23.5. The molecule has 0 unspecified atom stereocenters. The molecule has 0 fully saturated rings. The van der Waals surface area contributed by atoms with E-state index in [1.54, 1.807) is 0 Å². The predicted molar refractivity (Wildman–Crippen MR) is 238 cm³/mol. The van der Waals surface area contributed by atoms with E-state index in [0.29, 0.717) is 0 Å². The van der Waals surface area contributed by atoms with Crippen LogP contribution >= 0.6 is 0 Å². The van der Waals surface area contributed by atoms with Crippen LogP contribution in [0.3, 0.4) is 0 Å². The minimum Gasteiger partial charge on any atom is -0.310 e. The van der Waals surface area contributed by atoms with Crippen molar-refractivity contribution in [3.8, 4) is 44.5 Å². The Hall–Kier alpha value is -5.66. The largest absolute Gasteiger partial charge is 0.310 e. The molecule has 0 N–H and O–H groups in total. The highest BCUT2D eigenvalue weighted by Gasteiger charge is 2.42. The molecule has 0 atom stereocenters. The lowest BCUT2D eigenvalue weighted by atomic mass is 9.79. The van der Waals surface area contributed by atoms with Gasteiger partial charge in [-0.05, 0) is 108 Å². The van der Waals surface area contributed by atoms with Gasteiger partial charge in [0, 0.05) is 27.5 Å². The van der Waals surface area contributed by atoms with Crippen LogP contribution in [0.2, 0.25) is 0 Å². The first-order chi connectivity index (χ1) is 26.7. The number of fused-ring (bicyclic) bond motifs is 9. The van der Waals surface area contributed by atoms with E-state index in [9.17, 15) is 0 Å². The van der Waals surface area contributed by atoms with Crippen LogP contribution < -0.4 is 4.90 Å². The van der Waals surface area contributed by atoms with Crippen molar-refractivity contribution in [3.05, 3.63) is 185 Å². The molecule has 0 radical (unpaired) electrons. The van der Waals surface area contributed by atoms with Crippen LogP contribution in [0.4, 0.5) is 17.1 Å². The molecule has 0 heterocycles. The Balaban J connectivity index is 1.25. The molecule has 0 amide bonds. The monoisotopic (exact) mass is 725 g/mol. The first-order valence-electron chi connectivity index (χ1n) is 20.4. The topological polar surface area (TPSA) is 3.24 Å². The summed E-state index contributed by atoms with van der Waals surface area (Å²) < 4.78 is 0. The van der Waals surface area contributed by atoms with Gasteiger partial charge in [0.2, 0.25) is 0 Å². The van der Waals surface area contributed by atoms with Crippen molar-refractivity contribution in [2.45, 2.75) is 84.0 Å². The van der Waals surface area contributed by atoms with E-state index >= 15 is 0 Å². The van der Waals surface area contributed by atoms with Gasteiger partial charge in [0.05, 0.1) is 11.4 Å². The molecule has 1 heteroatoms. The van der Waals surface area contributed by atoms with E-state index in [-0.39, 0.29) is 21.7 Å². The molecule has 1 nitrogen and oxygen atoms in total. The van der Waals surface area contributed by atoms with E-state index in [2.05, 4.69) is 213 Å². The van der Waals surface area contributed by atoms with Crippen LogP contribution in [0.1, 0.15) is 101 Å². The van der Waals surface area contributed by atoms with E-state index in [1.165, 1.54) is 101 Å². The van der Waals surface area contributed by atoms with Gasteiger partial charge in [0.1, 0.15) is 0 Å². The van der Waals surface area contributed by atoms with Gasteiger partial charge in [-0.3, -0.25) is 0 Å². The fraction of sp³-hybridized carbons (Fsp3) is 0.236. The third-order valence-electron chi connectivity index (χ3n) is 13.6. The van der Waals surface area contributed by atoms with Gasteiger partial charge in [-0.25, -0.2) is 0 Å². The Labute approximate surface area is 333 Å². The molecule has 0 saturated heterocycles. The Kier molecular flexibility index (Phi) is 7.26. The Morgan fingerprint density at radius 1 is 0.375 bits per heavy atom. The molecule has 276 valence electrons. The zero-order valence-electron chi connectivity index (χ0n) is 34.3. The summed E-state index contributed by atoms with van der Waals surface area (Å²) in [6.45, 7) is 21.4. The second kappa shape index (κ2) is 11.7. The molecule has 3 aliphatic rings. The van der Waals surface area contributed by atoms with Gasteiger partial charge >= 0.3 is 0 Å². The van der Waals surface area contributed by atoms with Gasteiger partial charge in [-0.1, -0.05) is 184 Å². The summed E-state index contributed by atoms with van der Waals surface area (Å²) in [7, 11) is 0. The number of para-hydroxylation sites is 1. The summed E-state index contributed by atoms with van der Waals surface area (Å²) in [5.74, 6) is 0. The minimum absolute atomic E-state index is 0.0744. The van der Waals surface area contributed by atoms with Gasteiger partial charge in [-0.15, -0.1) is 0 Å². The average molecular weight is 726 g/mol. The molecule has 0 aromatic heterocycles. The Bertz CT molecular complexity index is 2760. The summed E-state index contributed by atoms with van der Waals surface area (Å²) in [6, 6.07) is 55.5. The first-order valence-corrected chi connectivity index (χ1v) is 20.4. The molecule has 0 bridgehead atoms. The van der Waals surface area contributed by atoms with E-state index < -0.39 is 0 Å². The highest BCUT2D eigenvalue weighted by molar-refractivity contribution is 6.00. The zero-order valence-corrected chi connectivity index (χ0v) is 34.3. The molecule has 7 aromatic carbocycles. The summed E-state index contributed by atoms with van der Waals surface area (Å²) in [5, 5.41) is 0. The lowest BCUT2D eigenvalue weighted by Crippen LogP contribution is -2.21.